The van der Waals surface area contributed by atoms with E-state index < -0.39 is 16.0 Å². The number of carboxylic acid groups (broad SMARTS) is 1. The van der Waals surface area contributed by atoms with Crippen molar-refractivity contribution < 1.29 is 18.3 Å². The molecule has 2 aromatic rings. The van der Waals surface area contributed by atoms with Crippen LogP contribution in [0.3, 0.4) is 0 Å². The fourth-order valence-electron chi connectivity index (χ4n) is 4.22. The first-order valence-corrected chi connectivity index (χ1v) is 11.3. The van der Waals surface area contributed by atoms with E-state index >= 15 is 0 Å². The zero-order chi connectivity index (χ0) is 21.3. The maximum absolute atomic E-state index is 13.3. The molecule has 0 radical (unpaired) electrons. The topological polar surface area (TPSA) is 86.7 Å². The van der Waals surface area contributed by atoms with Crippen molar-refractivity contribution in [1.82, 2.24) is 0 Å². The summed E-state index contributed by atoms with van der Waals surface area (Å²) in [7, 11) is -3.88. The number of hydrogen-bond donors (Lipinski definition) is 2. The lowest BCUT2D eigenvalue weighted by atomic mass is 9.99. The minimum absolute atomic E-state index is 0.0499. The Kier molecular flexibility index (Phi) is 5.89. The number of aryl methyl sites for hydroxylation is 3. The Balaban J connectivity index is 2.07. The smallest absolute Gasteiger partial charge is 0.335 e. The van der Waals surface area contributed by atoms with Gasteiger partial charge in [0.05, 0.1) is 21.8 Å². The van der Waals surface area contributed by atoms with Gasteiger partial charge in [0.15, 0.2) is 0 Å². The van der Waals surface area contributed by atoms with Crippen molar-refractivity contribution in [3.63, 3.8) is 0 Å². The molecule has 1 aliphatic rings. The Bertz CT molecular complexity index is 1020. The van der Waals surface area contributed by atoms with Crippen molar-refractivity contribution in [2.75, 3.05) is 22.7 Å². The van der Waals surface area contributed by atoms with Crippen molar-refractivity contribution in [2.24, 2.45) is 5.92 Å². The number of sulfonamides is 1. The molecule has 2 aromatic carbocycles. The summed E-state index contributed by atoms with van der Waals surface area (Å²) in [6, 6.07) is 8.31. The number of hydrogen-bond acceptors (Lipinski definition) is 4. The van der Waals surface area contributed by atoms with Gasteiger partial charge >= 0.3 is 5.97 Å². The highest BCUT2D eigenvalue weighted by Crippen LogP contribution is 2.33. The molecule has 0 saturated carbocycles. The summed E-state index contributed by atoms with van der Waals surface area (Å²) >= 11 is 0. The standard InChI is InChI=1S/C22H28N2O4S/c1-14-6-5-9-24(13-14)20-8-7-18(22(25)26)12-19(20)23-29(27,28)21-16(3)10-15(2)11-17(21)4/h7-8,10-12,14,23H,5-6,9,13H2,1-4H3,(H,25,26)/t14-/m0/s1. The van der Waals surface area contributed by atoms with E-state index in [2.05, 4.69) is 16.5 Å². The molecule has 1 saturated heterocycles. The van der Waals surface area contributed by atoms with Crippen LogP contribution in [0.1, 0.15) is 46.8 Å². The van der Waals surface area contributed by atoms with E-state index in [1.165, 1.54) is 12.1 Å². The van der Waals surface area contributed by atoms with Crippen LogP contribution in [0.5, 0.6) is 0 Å². The largest absolute Gasteiger partial charge is 0.478 e. The highest BCUT2D eigenvalue weighted by atomic mass is 32.2. The lowest BCUT2D eigenvalue weighted by Gasteiger charge is -2.34. The third kappa shape index (κ3) is 4.56. The monoisotopic (exact) mass is 416 g/mol. The van der Waals surface area contributed by atoms with Crippen LogP contribution >= 0.6 is 0 Å². The average molecular weight is 417 g/mol. The Hall–Kier alpha value is -2.54. The lowest BCUT2D eigenvalue weighted by Crippen LogP contribution is -2.35. The fraction of sp³-hybridized carbons (Fsp3) is 0.409. The summed E-state index contributed by atoms with van der Waals surface area (Å²) in [5, 5.41) is 9.40. The van der Waals surface area contributed by atoms with Crippen molar-refractivity contribution in [2.45, 2.75) is 45.4 Å². The fourth-order valence-corrected chi connectivity index (χ4v) is 5.74. The summed E-state index contributed by atoms with van der Waals surface area (Å²) in [6.45, 7) is 9.26. The van der Waals surface area contributed by atoms with Gasteiger partial charge in [-0.15, -0.1) is 0 Å². The molecular formula is C22H28N2O4S. The third-order valence-corrected chi connectivity index (χ3v) is 7.03. The number of carboxylic acids is 1. The minimum atomic E-state index is -3.88. The summed E-state index contributed by atoms with van der Waals surface area (Å²) in [5.74, 6) is -0.597. The normalized spacial score (nSPS) is 17.2. The molecule has 1 fully saturated rings. The van der Waals surface area contributed by atoms with Gasteiger partial charge in [-0.25, -0.2) is 13.2 Å². The van der Waals surface area contributed by atoms with Gasteiger partial charge < -0.3 is 10.0 Å². The molecule has 1 heterocycles. The molecule has 0 aliphatic carbocycles. The van der Waals surface area contributed by atoms with Crippen molar-refractivity contribution in [1.29, 1.82) is 0 Å². The first kappa shape index (κ1) is 21.2. The molecule has 2 N–H and O–H groups in total. The number of benzene rings is 2. The molecular weight excluding hydrogens is 388 g/mol. The predicted octanol–water partition coefficient (Wildman–Crippen LogP) is 4.35. The quantitative estimate of drug-likeness (QED) is 0.757. The van der Waals surface area contributed by atoms with Crippen molar-refractivity contribution >= 4 is 27.4 Å². The molecule has 6 nitrogen and oxygen atoms in total. The van der Waals surface area contributed by atoms with Gasteiger partial charge in [0, 0.05) is 13.1 Å². The van der Waals surface area contributed by atoms with Gasteiger partial charge in [0.2, 0.25) is 0 Å². The van der Waals surface area contributed by atoms with Gasteiger partial charge in [-0.2, -0.15) is 0 Å². The highest BCUT2D eigenvalue weighted by molar-refractivity contribution is 7.92. The zero-order valence-electron chi connectivity index (χ0n) is 17.3. The summed E-state index contributed by atoms with van der Waals surface area (Å²) < 4.78 is 29.2. The summed E-state index contributed by atoms with van der Waals surface area (Å²) in [5.41, 5.74) is 3.39. The van der Waals surface area contributed by atoms with E-state index in [0.717, 1.165) is 31.5 Å². The van der Waals surface area contributed by atoms with E-state index in [1.807, 2.05) is 19.1 Å². The molecule has 29 heavy (non-hydrogen) atoms. The van der Waals surface area contributed by atoms with Crippen LogP contribution in [0.15, 0.2) is 35.2 Å². The van der Waals surface area contributed by atoms with Crippen molar-refractivity contribution in [3.8, 4) is 0 Å². The molecule has 0 bridgehead atoms. The van der Waals surface area contributed by atoms with Crippen LogP contribution in [0.2, 0.25) is 0 Å². The second-order valence-corrected chi connectivity index (χ2v) is 9.68. The van der Waals surface area contributed by atoms with Crippen LogP contribution in [0.4, 0.5) is 11.4 Å². The van der Waals surface area contributed by atoms with Gasteiger partial charge in [-0.1, -0.05) is 24.6 Å². The van der Waals surface area contributed by atoms with Gasteiger partial charge in [0.25, 0.3) is 10.0 Å². The molecule has 7 heteroatoms. The number of carbonyl (C=O) groups is 1. The highest BCUT2D eigenvalue weighted by Gasteiger charge is 2.25. The Labute approximate surface area is 172 Å². The van der Waals surface area contributed by atoms with Crippen LogP contribution in [-0.2, 0) is 10.0 Å². The van der Waals surface area contributed by atoms with Crippen LogP contribution in [-0.4, -0.2) is 32.6 Å². The van der Waals surface area contributed by atoms with Crippen LogP contribution < -0.4 is 9.62 Å². The second-order valence-electron chi connectivity index (χ2n) is 8.06. The molecule has 3 rings (SSSR count). The van der Waals surface area contributed by atoms with E-state index in [-0.39, 0.29) is 10.5 Å². The average Bonchev–Trinajstić information content (AvgIpc) is 2.60. The number of anilines is 2. The van der Waals surface area contributed by atoms with E-state index in [1.54, 1.807) is 19.9 Å². The Morgan fingerprint density at radius 1 is 1.14 bits per heavy atom. The van der Waals surface area contributed by atoms with Crippen LogP contribution in [0.25, 0.3) is 0 Å². The van der Waals surface area contributed by atoms with Gasteiger partial charge in [-0.05, 0) is 68.9 Å². The van der Waals surface area contributed by atoms with Crippen LogP contribution in [0, 0.1) is 26.7 Å². The van der Waals surface area contributed by atoms with E-state index in [9.17, 15) is 18.3 Å². The van der Waals surface area contributed by atoms with Gasteiger partial charge in [-0.3, -0.25) is 4.72 Å². The van der Waals surface area contributed by atoms with Crippen molar-refractivity contribution in [3.05, 3.63) is 52.6 Å². The summed E-state index contributed by atoms with van der Waals surface area (Å²) in [6.07, 6.45) is 2.15. The van der Waals surface area contributed by atoms with E-state index in [4.69, 9.17) is 0 Å². The molecule has 0 amide bonds. The Morgan fingerprint density at radius 2 is 1.79 bits per heavy atom. The molecule has 0 aromatic heterocycles. The summed E-state index contributed by atoms with van der Waals surface area (Å²) in [4.78, 5) is 13.9. The Morgan fingerprint density at radius 3 is 2.38 bits per heavy atom. The molecule has 1 aliphatic heterocycles. The first-order chi connectivity index (χ1) is 13.6. The zero-order valence-corrected chi connectivity index (χ0v) is 18.1. The first-order valence-electron chi connectivity index (χ1n) is 9.81. The molecule has 1 atom stereocenters. The van der Waals surface area contributed by atoms with Gasteiger partial charge in [0.1, 0.15) is 0 Å². The number of rotatable bonds is 5. The molecule has 0 spiro atoms. The second kappa shape index (κ2) is 8.06. The lowest BCUT2D eigenvalue weighted by molar-refractivity contribution is 0.0697. The number of nitrogens with zero attached hydrogens (tertiary/aromatic N) is 1. The van der Waals surface area contributed by atoms with E-state index in [0.29, 0.717) is 28.4 Å². The number of nitrogens with one attached hydrogen (secondary N) is 1. The molecule has 0 unspecified atom stereocenters. The maximum Gasteiger partial charge on any atom is 0.335 e. The SMILES string of the molecule is Cc1cc(C)c(S(=O)(=O)Nc2cc(C(=O)O)ccc2N2CCC[C@H](C)C2)c(C)c1. The predicted molar refractivity (Wildman–Crippen MR) is 115 cm³/mol. The maximum atomic E-state index is 13.3. The molecule has 156 valence electrons. The third-order valence-electron chi connectivity index (χ3n) is 5.36. The number of piperidine rings is 1. The number of aromatic carboxylic acids is 1. The minimum Gasteiger partial charge on any atom is -0.478 e.